The molecule has 3 aromatic heterocycles. The fourth-order valence-corrected chi connectivity index (χ4v) is 4.69. The highest BCUT2D eigenvalue weighted by Gasteiger charge is 2.34. The molecule has 0 unspecified atom stereocenters. The first-order chi connectivity index (χ1) is 14.7. The Bertz CT molecular complexity index is 1190. The van der Waals surface area contributed by atoms with Crippen LogP contribution in [0, 0.1) is 11.7 Å². The van der Waals surface area contributed by atoms with E-state index >= 15 is 0 Å². The lowest BCUT2D eigenvalue weighted by Crippen LogP contribution is -2.53. The van der Waals surface area contributed by atoms with E-state index in [1.54, 1.807) is 24.6 Å². The largest absolute Gasteiger partial charge is 0.432 e. The summed E-state index contributed by atoms with van der Waals surface area (Å²) in [4.78, 5) is 16.4. The maximum Gasteiger partial charge on any atom is 0.306 e. The first-order valence-corrected chi connectivity index (χ1v) is 10.3. The molecule has 4 aromatic rings. The highest BCUT2D eigenvalue weighted by atomic mass is 19.1. The van der Waals surface area contributed by atoms with Gasteiger partial charge in [0.2, 0.25) is 5.95 Å². The molecule has 1 N–H and O–H groups in total. The summed E-state index contributed by atoms with van der Waals surface area (Å²) in [5, 5.41) is 3.56. The molecule has 0 radical (unpaired) electrons. The fraction of sp³-hybridized carbons (Fsp3) is 0.318. The van der Waals surface area contributed by atoms with E-state index < -0.39 is 0 Å². The van der Waals surface area contributed by atoms with Crippen LogP contribution < -0.4 is 5.32 Å². The summed E-state index contributed by atoms with van der Waals surface area (Å²) in [6, 6.07) is 8.54. The average Bonchev–Trinajstić information content (AvgIpc) is 3.37. The molecular weight excluding hydrogens is 383 g/mol. The van der Waals surface area contributed by atoms with Gasteiger partial charge in [0.15, 0.2) is 0 Å². The number of fused-ring (bicyclic) bond motifs is 4. The van der Waals surface area contributed by atoms with Crippen molar-refractivity contribution in [2.45, 2.75) is 18.9 Å². The Morgan fingerprint density at radius 1 is 1.07 bits per heavy atom. The lowest BCUT2D eigenvalue weighted by molar-refractivity contribution is 0.0972. The molecule has 1 atom stereocenters. The molecule has 8 heteroatoms. The Morgan fingerprint density at radius 3 is 2.67 bits per heavy atom. The molecule has 0 aliphatic carbocycles. The Morgan fingerprint density at radius 2 is 1.90 bits per heavy atom. The maximum absolute atomic E-state index is 13.4. The molecule has 7 rings (SSSR count). The molecule has 1 aromatic carbocycles. The van der Waals surface area contributed by atoms with E-state index in [-0.39, 0.29) is 5.82 Å². The molecule has 3 saturated heterocycles. The van der Waals surface area contributed by atoms with Gasteiger partial charge in [0.05, 0.1) is 5.69 Å². The third kappa shape index (κ3) is 2.95. The molecule has 30 heavy (non-hydrogen) atoms. The van der Waals surface area contributed by atoms with Gasteiger partial charge in [-0.15, -0.1) is 0 Å². The number of anilines is 1. The Labute approximate surface area is 172 Å². The van der Waals surface area contributed by atoms with Gasteiger partial charge in [-0.3, -0.25) is 4.40 Å². The van der Waals surface area contributed by atoms with Gasteiger partial charge < -0.3 is 14.6 Å². The first-order valence-electron chi connectivity index (χ1n) is 10.3. The maximum atomic E-state index is 13.4. The van der Waals surface area contributed by atoms with Gasteiger partial charge in [0.25, 0.3) is 0 Å². The summed E-state index contributed by atoms with van der Waals surface area (Å²) in [6.45, 7) is 3.43. The number of aromatic nitrogens is 4. The zero-order valence-corrected chi connectivity index (χ0v) is 16.3. The molecule has 152 valence electrons. The van der Waals surface area contributed by atoms with Gasteiger partial charge in [0.1, 0.15) is 23.5 Å². The van der Waals surface area contributed by atoms with Crippen molar-refractivity contribution in [3.63, 3.8) is 0 Å². The van der Waals surface area contributed by atoms with Crippen LogP contribution in [0.2, 0.25) is 0 Å². The average molecular weight is 404 g/mol. The number of hydrogen-bond donors (Lipinski definition) is 1. The first kappa shape index (κ1) is 17.6. The second kappa shape index (κ2) is 6.91. The number of rotatable bonds is 4. The van der Waals surface area contributed by atoms with Gasteiger partial charge in [-0.25, -0.2) is 14.4 Å². The van der Waals surface area contributed by atoms with Crippen molar-refractivity contribution in [3.8, 4) is 22.6 Å². The van der Waals surface area contributed by atoms with Crippen molar-refractivity contribution in [1.29, 1.82) is 0 Å². The van der Waals surface area contributed by atoms with Crippen molar-refractivity contribution >= 4 is 11.8 Å². The van der Waals surface area contributed by atoms with E-state index in [4.69, 9.17) is 9.40 Å². The lowest BCUT2D eigenvalue weighted by atomic mass is 9.84. The molecule has 7 nitrogen and oxygen atoms in total. The molecule has 0 saturated carbocycles. The second-order valence-corrected chi connectivity index (χ2v) is 8.03. The number of oxazole rings is 1. The van der Waals surface area contributed by atoms with Gasteiger partial charge in [-0.1, -0.05) is 0 Å². The quantitative estimate of drug-likeness (QED) is 0.559. The monoisotopic (exact) mass is 404 g/mol. The van der Waals surface area contributed by atoms with Gasteiger partial charge >= 0.3 is 5.84 Å². The Hall–Kier alpha value is -3.26. The number of nitrogens with zero attached hydrogens (tertiary/aromatic N) is 5. The van der Waals surface area contributed by atoms with Crippen molar-refractivity contribution in [2.75, 3.05) is 25.0 Å². The van der Waals surface area contributed by atoms with Crippen molar-refractivity contribution < 1.29 is 8.81 Å². The van der Waals surface area contributed by atoms with Crippen LogP contribution in [0.5, 0.6) is 0 Å². The minimum Gasteiger partial charge on any atom is -0.432 e. The summed E-state index contributed by atoms with van der Waals surface area (Å²) >= 11 is 0. The van der Waals surface area contributed by atoms with Gasteiger partial charge in [-0.2, -0.15) is 4.98 Å². The summed E-state index contributed by atoms with van der Waals surface area (Å²) in [5.41, 5.74) is 3.03. The molecular formula is C22H21FN6O. The molecule has 6 heterocycles. The third-order valence-corrected chi connectivity index (χ3v) is 6.25. The van der Waals surface area contributed by atoms with Crippen LogP contribution in [0.1, 0.15) is 12.8 Å². The summed E-state index contributed by atoms with van der Waals surface area (Å²) in [6.07, 6.45) is 7.62. The highest BCUT2D eigenvalue weighted by molar-refractivity contribution is 5.79. The SMILES string of the molecule is Fc1ccc(-c2nc3occn3c2-c2ccnc(N[C@@H]3CN4CCC3CC4)n2)cc1. The minimum atomic E-state index is -0.283. The second-order valence-electron chi connectivity index (χ2n) is 8.03. The van der Waals surface area contributed by atoms with Crippen molar-refractivity contribution in [1.82, 2.24) is 24.3 Å². The highest BCUT2D eigenvalue weighted by Crippen LogP contribution is 2.33. The van der Waals surface area contributed by atoms with E-state index in [1.165, 1.54) is 38.1 Å². The fourth-order valence-electron chi connectivity index (χ4n) is 4.69. The standard InChI is InChI=1S/C22H21FN6O/c23-16-3-1-15(2-4-16)19-20(29-11-12-30-22(29)27-19)17-5-8-24-21(25-17)26-18-13-28-9-6-14(18)7-10-28/h1-5,8,11-12,14,18H,6-7,9-10,13H2,(H,24,25,26)/t18-/m1/s1. The number of halogens is 1. The van der Waals surface area contributed by atoms with Crippen LogP contribution in [0.4, 0.5) is 10.3 Å². The van der Waals surface area contributed by atoms with Crippen molar-refractivity contribution in [2.24, 2.45) is 5.92 Å². The number of nitrogens with one attached hydrogen (secondary N) is 1. The minimum absolute atomic E-state index is 0.283. The number of benzene rings is 1. The van der Waals surface area contributed by atoms with Crippen LogP contribution in [0.3, 0.4) is 0 Å². The number of piperidine rings is 3. The van der Waals surface area contributed by atoms with Crippen LogP contribution in [-0.2, 0) is 0 Å². The Balaban J connectivity index is 1.39. The Kier molecular flexibility index (Phi) is 4.05. The molecule has 0 amide bonds. The molecule has 3 aliphatic heterocycles. The normalized spacial score (nSPS) is 23.2. The van der Waals surface area contributed by atoms with Gasteiger partial charge in [0, 0.05) is 30.5 Å². The zero-order valence-electron chi connectivity index (χ0n) is 16.3. The lowest BCUT2D eigenvalue weighted by Gasteiger charge is -2.44. The van der Waals surface area contributed by atoms with Crippen molar-refractivity contribution in [3.05, 3.63) is 54.8 Å². The predicted molar refractivity (Wildman–Crippen MR) is 110 cm³/mol. The van der Waals surface area contributed by atoms with E-state index in [9.17, 15) is 4.39 Å². The molecule has 3 aliphatic rings. The number of hydrogen-bond acceptors (Lipinski definition) is 6. The van der Waals surface area contributed by atoms with Crippen LogP contribution in [0.15, 0.2) is 53.4 Å². The van der Waals surface area contributed by atoms with E-state index in [2.05, 4.69) is 20.2 Å². The van der Waals surface area contributed by atoms with Crippen LogP contribution in [-0.4, -0.2) is 49.9 Å². The molecule has 3 fully saturated rings. The smallest absolute Gasteiger partial charge is 0.306 e. The van der Waals surface area contributed by atoms with Crippen LogP contribution >= 0.6 is 0 Å². The predicted octanol–water partition coefficient (Wildman–Crippen LogP) is 3.70. The third-order valence-electron chi connectivity index (χ3n) is 6.25. The van der Waals surface area contributed by atoms with E-state index in [0.717, 1.165) is 23.5 Å². The summed E-state index contributed by atoms with van der Waals surface area (Å²) < 4.78 is 20.8. The zero-order chi connectivity index (χ0) is 20.1. The van der Waals surface area contributed by atoms with Crippen LogP contribution in [0.25, 0.3) is 28.5 Å². The van der Waals surface area contributed by atoms with Gasteiger partial charge in [-0.05, 0) is 62.2 Å². The molecule has 2 bridgehead atoms. The number of imidazole rings is 1. The topological polar surface area (TPSA) is 71.5 Å². The van der Waals surface area contributed by atoms with E-state index in [1.807, 2.05) is 16.7 Å². The summed E-state index contributed by atoms with van der Waals surface area (Å²) in [5.74, 6) is 1.48. The molecule has 0 spiro atoms. The van der Waals surface area contributed by atoms with E-state index in [0.29, 0.717) is 29.4 Å². The summed E-state index contributed by atoms with van der Waals surface area (Å²) in [7, 11) is 0.